The fourth-order valence-electron chi connectivity index (χ4n) is 3.96. The minimum absolute atomic E-state index is 0.181. The molecular formula is C24H18N6O. The van der Waals surface area contributed by atoms with Crippen LogP contribution < -0.4 is 0 Å². The first-order valence-electron chi connectivity index (χ1n) is 9.91. The number of nitrogens with zero attached hydrogens (tertiary/aromatic N) is 5. The van der Waals surface area contributed by atoms with Crippen LogP contribution in [0.2, 0.25) is 0 Å². The summed E-state index contributed by atoms with van der Waals surface area (Å²) < 4.78 is 3.79. The number of hydrogen-bond donors (Lipinski definition) is 2. The van der Waals surface area contributed by atoms with Crippen LogP contribution in [0.25, 0.3) is 44.6 Å². The number of rotatable bonds is 3. The molecule has 31 heavy (non-hydrogen) atoms. The van der Waals surface area contributed by atoms with Gasteiger partial charge >= 0.3 is 0 Å². The number of fused-ring (bicyclic) bond motifs is 2. The monoisotopic (exact) mass is 406 g/mol. The Kier molecular flexibility index (Phi) is 3.70. The molecule has 0 aliphatic rings. The Balaban J connectivity index is 1.49. The predicted molar refractivity (Wildman–Crippen MR) is 119 cm³/mol. The maximum absolute atomic E-state index is 10.8. The Morgan fingerprint density at radius 2 is 1.81 bits per heavy atom. The van der Waals surface area contributed by atoms with Gasteiger partial charge in [0.15, 0.2) is 0 Å². The highest BCUT2D eigenvalue weighted by Crippen LogP contribution is 2.33. The fourth-order valence-corrected chi connectivity index (χ4v) is 3.96. The van der Waals surface area contributed by atoms with Gasteiger partial charge in [-0.1, -0.05) is 6.07 Å². The van der Waals surface area contributed by atoms with Crippen LogP contribution in [0, 0.1) is 6.92 Å². The van der Waals surface area contributed by atoms with Crippen molar-refractivity contribution in [2.45, 2.75) is 6.92 Å². The van der Waals surface area contributed by atoms with Crippen LogP contribution in [0.5, 0.6) is 5.88 Å². The van der Waals surface area contributed by atoms with E-state index >= 15 is 0 Å². The molecule has 0 aliphatic heterocycles. The first-order valence-corrected chi connectivity index (χ1v) is 9.91. The minimum atomic E-state index is 0.181. The second-order valence-electron chi connectivity index (χ2n) is 7.59. The average Bonchev–Trinajstić information content (AvgIpc) is 3.52. The van der Waals surface area contributed by atoms with Gasteiger partial charge in [0.05, 0.1) is 18.1 Å². The van der Waals surface area contributed by atoms with Gasteiger partial charge < -0.3 is 5.11 Å². The molecule has 1 aromatic carbocycles. The highest BCUT2D eigenvalue weighted by Gasteiger charge is 2.14. The number of aryl methyl sites for hydroxylation is 1. The van der Waals surface area contributed by atoms with Gasteiger partial charge in [-0.2, -0.15) is 5.10 Å². The smallest absolute Gasteiger partial charge is 0.204 e. The van der Waals surface area contributed by atoms with E-state index in [1.165, 1.54) is 0 Å². The molecule has 0 aliphatic carbocycles. The summed E-state index contributed by atoms with van der Waals surface area (Å²) >= 11 is 0. The normalized spacial score (nSPS) is 11.5. The Bertz CT molecular complexity index is 1560. The van der Waals surface area contributed by atoms with Crippen molar-refractivity contribution in [1.82, 2.24) is 29.1 Å². The number of aromatic hydroxyl groups is 1. The summed E-state index contributed by atoms with van der Waals surface area (Å²) in [6, 6.07) is 13.9. The Morgan fingerprint density at radius 3 is 2.65 bits per heavy atom. The first-order chi connectivity index (χ1) is 15.2. The van der Waals surface area contributed by atoms with Crippen LogP contribution in [0.15, 0.2) is 79.6 Å². The van der Waals surface area contributed by atoms with Crippen molar-refractivity contribution in [3.05, 3.63) is 85.2 Å². The van der Waals surface area contributed by atoms with Crippen molar-refractivity contribution in [2.75, 3.05) is 0 Å². The second-order valence-corrected chi connectivity index (χ2v) is 7.59. The van der Waals surface area contributed by atoms with Crippen LogP contribution in [0.3, 0.4) is 0 Å². The number of aromatic nitrogens is 6. The first kappa shape index (κ1) is 17.5. The fraction of sp³-hybridized carbons (Fsp3) is 0.0417. The molecule has 0 saturated carbocycles. The molecule has 7 nitrogen and oxygen atoms in total. The molecule has 0 fully saturated rings. The molecule has 2 N–H and O–H groups in total. The highest BCUT2D eigenvalue weighted by atomic mass is 16.3. The third-order valence-electron chi connectivity index (χ3n) is 5.57. The zero-order valence-electron chi connectivity index (χ0n) is 16.7. The molecular weight excluding hydrogens is 388 g/mol. The summed E-state index contributed by atoms with van der Waals surface area (Å²) in [5.74, 6) is 0.870. The molecule has 5 heterocycles. The van der Waals surface area contributed by atoms with Crippen molar-refractivity contribution in [3.8, 4) is 34.1 Å². The van der Waals surface area contributed by atoms with Crippen molar-refractivity contribution in [1.29, 1.82) is 0 Å². The molecule has 0 unspecified atom stereocenters. The highest BCUT2D eigenvalue weighted by molar-refractivity contribution is 5.92. The van der Waals surface area contributed by atoms with Crippen LogP contribution in [0.1, 0.15) is 5.56 Å². The molecule has 150 valence electrons. The van der Waals surface area contributed by atoms with Crippen molar-refractivity contribution < 1.29 is 5.11 Å². The Morgan fingerprint density at radius 1 is 0.903 bits per heavy atom. The van der Waals surface area contributed by atoms with E-state index in [0.717, 1.165) is 44.4 Å². The summed E-state index contributed by atoms with van der Waals surface area (Å²) in [6.45, 7) is 2.01. The average molecular weight is 406 g/mol. The lowest BCUT2D eigenvalue weighted by Crippen LogP contribution is -1.94. The third-order valence-corrected chi connectivity index (χ3v) is 5.57. The number of pyridine rings is 2. The van der Waals surface area contributed by atoms with E-state index in [2.05, 4.69) is 36.8 Å². The number of nitrogens with one attached hydrogen (secondary N) is 1. The lowest BCUT2D eigenvalue weighted by Gasteiger charge is -2.05. The maximum atomic E-state index is 10.8. The number of benzene rings is 1. The van der Waals surface area contributed by atoms with Gasteiger partial charge in [0.2, 0.25) is 5.88 Å². The summed E-state index contributed by atoms with van der Waals surface area (Å²) in [5.41, 5.74) is 6.01. The van der Waals surface area contributed by atoms with Crippen molar-refractivity contribution in [2.24, 2.45) is 0 Å². The van der Waals surface area contributed by atoms with Crippen LogP contribution in [-0.4, -0.2) is 34.2 Å². The molecule has 0 amide bonds. The molecule has 0 bridgehead atoms. The molecule has 7 heteroatoms. The maximum Gasteiger partial charge on any atom is 0.204 e. The second kappa shape index (κ2) is 6.56. The zero-order valence-corrected chi connectivity index (χ0v) is 16.7. The number of imidazole rings is 1. The molecule has 5 aromatic heterocycles. The minimum Gasteiger partial charge on any atom is -0.494 e. The molecule has 0 saturated heterocycles. The zero-order chi connectivity index (χ0) is 20.9. The largest absolute Gasteiger partial charge is 0.494 e. The van der Waals surface area contributed by atoms with Crippen molar-refractivity contribution >= 4 is 16.4 Å². The van der Waals surface area contributed by atoms with E-state index < -0.39 is 0 Å². The Hall–Kier alpha value is -4.39. The van der Waals surface area contributed by atoms with Gasteiger partial charge in [-0.25, -0.2) is 9.97 Å². The van der Waals surface area contributed by atoms with E-state index in [1.807, 2.05) is 61.9 Å². The summed E-state index contributed by atoms with van der Waals surface area (Å²) in [5, 5.41) is 19.4. The SMILES string of the molecule is Cc1ccnc(-n2cc3cc(-c4cnc5ccc(-c6cn[nH]c6)cn45)ccc3c2O)c1. The van der Waals surface area contributed by atoms with E-state index in [9.17, 15) is 5.11 Å². The third kappa shape index (κ3) is 2.78. The van der Waals surface area contributed by atoms with Gasteiger partial charge in [0, 0.05) is 52.3 Å². The molecule has 0 radical (unpaired) electrons. The van der Waals surface area contributed by atoms with Crippen LogP contribution in [-0.2, 0) is 0 Å². The summed E-state index contributed by atoms with van der Waals surface area (Å²) in [4.78, 5) is 8.95. The Labute approximate surface area is 177 Å². The van der Waals surface area contributed by atoms with Gasteiger partial charge in [-0.15, -0.1) is 0 Å². The van der Waals surface area contributed by atoms with E-state index in [0.29, 0.717) is 5.82 Å². The summed E-state index contributed by atoms with van der Waals surface area (Å²) in [7, 11) is 0. The summed E-state index contributed by atoms with van der Waals surface area (Å²) in [6.07, 6.45) is 11.3. The molecule has 6 aromatic rings. The molecule has 6 rings (SSSR count). The predicted octanol–water partition coefficient (Wildman–Crippen LogP) is 4.74. The van der Waals surface area contributed by atoms with E-state index in [1.54, 1.807) is 17.0 Å². The van der Waals surface area contributed by atoms with Crippen LogP contribution >= 0.6 is 0 Å². The van der Waals surface area contributed by atoms with Gasteiger partial charge in [-0.3, -0.25) is 14.1 Å². The number of H-pyrrole nitrogens is 1. The lowest BCUT2D eigenvalue weighted by atomic mass is 10.1. The standard InChI is InChI=1S/C24H18N6O/c1-15-6-7-25-23(8-15)30-14-18-9-16(2-4-20(18)24(30)31)21-12-26-22-5-3-17(13-29(21)22)19-10-27-28-11-19/h2-14,31H,1H3,(H,27,28). The van der Waals surface area contributed by atoms with Gasteiger partial charge in [0.1, 0.15) is 11.5 Å². The lowest BCUT2D eigenvalue weighted by molar-refractivity contribution is 0.447. The van der Waals surface area contributed by atoms with Crippen LogP contribution in [0.4, 0.5) is 0 Å². The molecule has 0 atom stereocenters. The quantitative estimate of drug-likeness (QED) is 0.444. The number of hydrogen-bond acceptors (Lipinski definition) is 4. The number of aromatic amines is 1. The van der Waals surface area contributed by atoms with E-state index in [-0.39, 0.29) is 5.88 Å². The van der Waals surface area contributed by atoms with Gasteiger partial charge in [0.25, 0.3) is 0 Å². The topological polar surface area (TPSA) is 84.0 Å². The molecule has 0 spiro atoms. The van der Waals surface area contributed by atoms with Crippen molar-refractivity contribution in [3.63, 3.8) is 0 Å². The van der Waals surface area contributed by atoms with Gasteiger partial charge in [-0.05, 0) is 48.9 Å². The van der Waals surface area contributed by atoms with E-state index in [4.69, 9.17) is 0 Å².